The van der Waals surface area contributed by atoms with Crippen LogP contribution in [0.1, 0.15) is 29.6 Å². The maximum absolute atomic E-state index is 13.5. The lowest BCUT2D eigenvalue weighted by Crippen LogP contribution is -2.11. The maximum atomic E-state index is 13.5. The maximum Gasteiger partial charge on any atom is 0.165 e. The van der Waals surface area contributed by atoms with Gasteiger partial charge in [-0.2, -0.15) is 0 Å². The van der Waals surface area contributed by atoms with Crippen molar-refractivity contribution in [1.82, 2.24) is 5.32 Å². The molecule has 0 saturated carbocycles. The van der Waals surface area contributed by atoms with Crippen molar-refractivity contribution in [2.75, 3.05) is 13.1 Å². The van der Waals surface area contributed by atoms with E-state index in [-0.39, 0.29) is 11.3 Å². The Morgan fingerprint density at radius 2 is 2.35 bits per heavy atom. The Bertz CT molecular complexity index is 416. The van der Waals surface area contributed by atoms with Gasteiger partial charge in [-0.3, -0.25) is 4.79 Å². The molecule has 17 heavy (non-hydrogen) atoms. The molecule has 92 valence electrons. The Hall–Kier alpha value is -0.740. The van der Waals surface area contributed by atoms with E-state index in [2.05, 4.69) is 21.2 Å². The number of rotatable bonds is 4. The molecule has 1 aromatic carbocycles. The molecule has 1 N–H and O–H groups in total. The smallest absolute Gasteiger partial charge is 0.165 e. The number of ketones is 1. The summed E-state index contributed by atoms with van der Waals surface area (Å²) in [5, 5.41) is 3.26. The molecule has 2 rings (SSSR count). The highest BCUT2D eigenvalue weighted by atomic mass is 79.9. The lowest BCUT2D eigenvalue weighted by Gasteiger charge is -2.07. The van der Waals surface area contributed by atoms with Gasteiger partial charge in [-0.1, -0.05) is 15.9 Å². The van der Waals surface area contributed by atoms with Crippen molar-refractivity contribution in [2.24, 2.45) is 5.92 Å². The van der Waals surface area contributed by atoms with Crippen molar-refractivity contribution in [1.29, 1.82) is 0 Å². The molecule has 0 amide bonds. The highest BCUT2D eigenvalue weighted by Gasteiger charge is 2.18. The number of hydrogen-bond acceptors (Lipinski definition) is 2. The number of Topliss-reactive ketones (excluding diaryl/α,β-unsaturated/α-hetero) is 1. The predicted octanol–water partition coefficient (Wildman–Crippen LogP) is 3.16. The molecule has 0 spiro atoms. The summed E-state index contributed by atoms with van der Waals surface area (Å²) in [7, 11) is 0. The molecule has 1 aliphatic heterocycles. The van der Waals surface area contributed by atoms with Crippen LogP contribution in [-0.4, -0.2) is 18.9 Å². The minimum absolute atomic E-state index is 0.101. The molecule has 1 saturated heterocycles. The van der Waals surface area contributed by atoms with Crippen molar-refractivity contribution >= 4 is 21.7 Å². The molecule has 1 aromatic rings. The Labute approximate surface area is 109 Å². The van der Waals surface area contributed by atoms with Crippen LogP contribution in [0.4, 0.5) is 4.39 Å². The molecule has 0 radical (unpaired) electrons. The van der Waals surface area contributed by atoms with Crippen molar-refractivity contribution < 1.29 is 9.18 Å². The number of carbonyl (C=O) groups is 1. The van der Waals surface area contributed by atoms with E-state index in [1.807, 2.05) is 0 Å². The third-order valence-corrected chi connectivity index (χ3v) is 3.66. The molecule has 1 aliphatic rings. The first kappa shape index (κ1) is 12.7. The normalized spacial score (nSPS) is 19.5. The van der Waals surface area contributed by atoms with Crippen LogP contribution in [-0.2, 0) is 0 Å². The Balaban J connectivity index is 1.96. The topological polar surface area (TPSA) is 29.1 Å². The zero-order valence-electron chi connectivity index (χ0n) is 9.51. The van der Waals surface area contributed by atoms with Gasteiger partial charge in [0.1, 0.15) is 5.82 Å². The first-order valence-electron chi connectivity index (χ1n) is 5.86. The van der Waals surface area contributed by atoms with E-state index in [9.17, 15) is 9.18 Å². The highest BCUT2D eigenvalue weighted by molar-refractivity contribution is 9.10. The van der Waals surface area contributed by atoms with Crippen molar-refractivity contribution in [3.63, 3.8) is 0 Å². The van der Waals surface area contributed by atoms with E-state index in [0.717, 1.165) is 30.4 Å². The largest absolute Gasteiger partial charge is 0.316 e. The number of halogens is 2. The summed E-state index contributed by atoms with van der Waals surface area (Å²) in [5.74, 6) is 0.0348. The second kappa shape index (κ2) is 5.74. The SMILES string of the molecule is O=C(CCC1CCNC1)c1cc(Br)ccc1F. The lowest BCUT2D eigenvalue weighted by atomic mass is 9.98. The number of benzene rings is 1. The summed E-state index contributed by atoms with van der Waals surface area (Å²) in [6.07, 6.45) is 2.39. The number of hydrogen-bond donors (Lipinski definition) is 1. The molecule has 4 heteroatoms. The average Bonchev–Trinajstić information content (AvgIpc) is 2.82. The van der Waals surface area contributed by atoms with Crippen LogP contribution < -0.4 is 5.32 Å². The van der Waals surface area contributed by atoms with Gasteiger partial charge >= 0.3 is 0 Å². The van der Waals surface area contributed by atoms with Gasteiger partial charge in [-0.25, -0.2) is 4.39 Å². The summed E-state index contributed by atoms with van der Waals surface area (Å²) in [5.41, 5.74) is 0.199. The van der Waals surface area contributed by atoms with E-state index >= 15 is 0 Å². The van der Waals surface area contributed by atoms with Gasteiger partial charge in [0.2, 0.25) is 0 Å². The van der Waals surface area contributed by atoms with Crippen molar-refractivity contribution in [3.8, 4) is 0 Å². The van der Waals surface area contributed by atoms with Crippen LogP contribution in [0.3, 0.4) is 0 Å². The zero-order valence-corrected chi connectivity index (χ0v) is 11.1. The molecular formula is C13H15BrFNO. The van der Waals surface area contributed by atoms with Crippen LogP contribution in [0.25, 0.3) is 0 Å². The van der Waals surface area contributed by atoms with Gasteiger partial charge in [0.15, 0.2) is 5.78 Å². The van der Waals surface area contributed by atoms with E-state index in [1.54, 1.807) is 12.1 Å². The predicted molar refractivity (Wildman–Crippen MR) is 68.6 cm³/mol. The summed E-state index contributed by atoms with van der Waals surface area (Å²) in [6.45, 7) is 2.01. The van der Waals surface area contributed by atoms with Crippen LogP contribution in [0.15, 0.2) is 22.7 Å². The second-order valence-electron chi connectivity index (χ2n) is 4.44. The van der Waals surface area contributed by atoms with Gasteiger partial charge in [-0.05, 0) is 50.0 Å². The molecule has 2 nitrogen and oxygen atoms in total. The molecule has 0 aromatic heterocycles. The molecule has 0 bridgehead atoms. The van der Waals surface area contributed by atoms with E-state index < -0.39 is 5.82 Å². The summed E-state index contributed by atoms with van der Waals surface area (Å²) < 4.78 is 14.2. The zero-order chi connectivity index (χ0) is 12.3. The van der Waals surface area contributed by atoms with Crippen LogP contribution >= 0.6 is 15.9 Å². The second-order valence-corrected chi connectivity index (χ2v) is 5.36. The van der Waals surface area contributed by atoms with Crippen molar-refractivity contribution in [2.45, 2.75) is 19.3 Å². The molecule has 1 fully saturated rings. The van der Waals surface area contributed by atoms with Gasteiger partial charge in [-0.15, -0.1) is 0 Å². The van der Waals surface area contributed by atoms with Crippen LogP contribution in [0.5, 0.6) is 0 Å². The molecule has 1 heterocycles. The number of carbonyl (C=O) groups excluding carboxylic acids is 1. The Morgan fingerprint density at radius 3 is 3.06 bits per heavy atom. The molecule has 0 aliphatic carbocycles. The Morgan fingerprint density at radius 1 is 1.53 bits per heavy atom. The van der Waals surface area contributed by atoms with Gasteiger partial charge < -0.3 is 5.32 Å². The lowest BCUT2D eigenvalue weighted by molar-refractivity contribution is 0.0970. The van der Waals surface area contributed by atoms with Crippen LogP contribution in [0.2, 0.25) is 0 Å². The average molecular weight is 300 g/mol. The van der Waals surface area contributed by atoms with Crippen molar-refractivity contribution in [3.05, 3.63) is 34.1 Å². The number of nitrogens with one attached hydrogen (secondary N) is 1. The summed E-state index contributed by atoms with van der Waals surface area (Å²) >= 11 is 3.25. The van der Waals surface area contributed by atoms with Gasteiger partial charge in [0.05, 0.1) is 5.56 Å². The standard InChI is InChI=1S/C13H15BrFNO/c14-10-2-3-12(15)11(7-10)13(17)4-1-9-5-6-16-8-9/h2-3,7,9,16H,1,4-6,8H2. The summed E-state index contributed by atoms with van der Waals surface area (Å²) in [6, 6.07) is 4.49. The molecule has 1 unspecified atom stereocenters. The monoisotopic (exact) mass is 299 g/mol. The molecular weight excluding hydrogens is 285 g/mol. The fraction of sp³-hybridized carbons (Fsp3) is 0.462. The van der Waals surface area contributed by atoms with E-state index in [1.165, 1.54) is 6.07 Å². The van der Waals surface area contributed by atoms with Gasteiger partial charge in [0, 0.05) is 10.9 Å². The third-order valence-electron chi connectivity index (χ3n) is 3.17. The third kappa shape index (κ3) is 3.36. The fourth-order valence-corrected chi connectivity index (χ4v) is 2.50. The first-order chi connectivity index (χ1) is 8.16. The minimum atomic E-state index is -0.428. The minimum Gasteiger partial charge on any atom is -0.316 e. The first-order valence-corrected chi connectivity index (χ1v) is 6.65. The quantitative estimate of drug-likeness (QED) is 0.865. The summed E-state index contributed by atoms with van der Waals surface area (Å²) in [4.78, 5) is 11.9. The Kier molecular flexibility index (Phi) is 4.29. The van der Waals surface area contributed by atoms with E-state index in [0.29, 0.717) is 12.3 Å². The van der Waals surface area contributed by atoms with Gasteiger partial charge in [0.25, 0.3) is 0 Å². The molecule has 1 atom stereocenters. The van der Waals surface area contributed by atoms with Crippen LogP contribution in [0, 0.1) is 11.7 Å². The fourth-order valence-electron chi connectivity index (χ4n) is 2.14. The van der Waals surface area contributed by atoms with E-state index in [4.69, 9.17) is 0 Å². The highest BCUT2D eigenvalue weighted by Crippen LogP contribution is 2.20.